The Morgan fingerprint density at radius 2 is 1.38 bits per heavy atom. The second kappa shape index (κ2) is 8.31. The molecule has 0 unspecified atom stereocenters. The van der Waals surface area contributed by atoms with Gasteiger partial charge in [-0.05, 0) is 24.6 Å². The van der Waals surface area contributed by atoms with Gasteiger partial charge in [0.1, 0.15) is 0 Å². The number of rotatable bonds is 5. The van der Waals surface area contributed by atoms with Crippen LogP contribution in [0.2, 0.25) is 0 Å². The maximum Gasteiger partial charge on any atom is 0.336 e. The van der Waals surface area contributed by atoms with Gasteiger partial charge in [-0.2, -0.15) is 0 Å². The number of carboxylic acid groups (broad SMARTS) is 4. The summed E-state index contributed by atoms with van der Waals surface area (Å²) in [7, 11) is 0. The first kappa shape index (κ1) is 18.1. The van der Waals surface area contributed by atoms with Crippen LogP contribution in [-0.4, -0.2) is 44.3 Å². The minimum atomic E-state index is -1.48. The Balaban J connectivity index is 0.000000567. The van der Waals surface area contributed by atoms with Crippen LogP contribution in [0.15, 0.2) is 18.2 Å². The van der Waals surface area contributed by atoms with Crippen LogP contribution < -0.4 is 0 Å². The van der Waals surface area contributed by atoms with E-state index in [-0.39, 0.29) is 5.56 Å². The van der Waals surface area contributed by atoms with Crippen LogP contribution in [0.5, 0.6) is 0 Å². The zero-order chi connectivity index (χ0) is 16.6. The van der Waals surface area contributed by atoms with E-state index in [0.717, 1.165) is 24.6 Å². The largest absolute Gasteiger partial charge is 0.481 e. The standard InChI is InChI=1S/C9H6O6.C4H8O2/c10-7(11)4-1-2-5(8(12)13)6(3-4)9(14)15;1-2-3-4(5)6/h1-3H,(H,10,11)(H,12,13)(H,14,15);2-3H2,1H3,(H,5,6). The zero-order valence-electron chi connectivity index (χ0n) is 11.1. The van der Waals surface area contributed by atoms with Crippen molar-refractivity contribution in [2.45, 2.75) is 19.8 Å². The lowest BCUT2D eigenvalue weighted by molar-refractivity contribution is -0.137. The van der Waals surface area contributed by atoms with E-state index in [1.165, 1.54) is 0 Å². The van der Waals surface area contributed by atoms with E-state index in [1.807, 2.05) is 6.92 Å². The number of hydrogen-bond donors (Lipinski definition) is 4. The highest BCUT2D eigenvalue weighted by atomic mass is 16.4. The normalized spacial score (nSPS) is 9.19. The number of hydrogen-bond acceptors (Lipinski definition) is 4. The van der Waals surface area contributed by atoms with Gasteiger partial charge in [-0.25, -0.2) is 14.4 Å². The van der Waals surface area contributed by atoms with E-state index in [4.69, 9.17) is 20.4 Å². The summed E-state index contributed by atoms with van der Waals surface area (Å²) in [6.07, 6.45) is 1.02. The van der Waals surface area contributed by atoms with Gasteiger partial charge in [0.2, 0.25) is 0 Å². The fourth-order valence-corrected chi connectivity index (χ4v) is 1.25. The van der Waals surface area contributed by atoms with Crippen molar-refractivity contribution < 1.29 is 39.6 Å². The second-order valence-electron chi connectivity index (χ2n) is 3.82. The molecule has 21 heavy (non-hydrogen) atoms. The van der Waals surface area contributed by atoms with Crippen molar-refractivity contribution in [2.24, 2.45) is 0 Å². The zero-order valence-corrected chi connectivity index (χ0v) is 11.1. The summed E-state index contributed by atoms with van der Waals surface area (Å²) in [5, 5.41) is 33.8. The molecule has 8 heteroatoms. The van der Waals surface area contributed by atoms with Crippen LogP contribution in [0.25, 0.3) is 0 Å². The summed E-state index contributed by atoms with van der Waals surface area (Å²) < 4.78 is 0. The second-order valence-corrected chi connectivity index (χ2v) is 3.82. The van der Waals surface area contributed by atoms with Gasteiger partial charge in [-0.1, -0.05) is 6.92 Å². The number of carboxylic acids is 4. The fraction of sp³-hybridized carbons (Fsp3) is 0.231. The Bertz CT molecular complexity index is 561. The van der Waals surface area contributed by atoms with E-state index < -0.39 is 35.0 Å². The molecule has 114 valence electrons. The van der Waals surface area contributed by atoms with E-state index in [9.17, 15) is 19.2 Å². The number of aromatic carboxylic acids is 3. The van der Waals surface area contributed by atoms with Gasteiger partial charge in [0, 0.05) is 6.42 Å². The minimum Gasteiger partial charge on any atom is -0.481 e. The molecule has 0 amide bonds. The van der Waals surface area contributed by atoms with Gasteiger partial charge >= 0.3 is 23.9 Å². The lowest BCUT2D eigenvalue weighted by atomic mass is 10.0. The molecule has 0 atom stereocenters. The Hall–Kier alpha value is -2.90. The molecule has 0 fully saturated rings. The summed E-state index contributed by atoms with van der Waals surface area (Å²) in [5.41, 5.74) is -1.24. The van der Waals surface area contributed by atoms with Crippen molar-refractivity contribution in [3.63, 3.8) is 0 Å². The van der Waals surface area contributed by atoms with Crippen molar-refractivity contribution >= 4 is 23.9 Å². The lowest BCUT2D eigenvalue weighted by Gasteiger charge is -2.02. The molecule has 4 N–H and O–H groups in total. The molecule has 0 aliphatic rings. The predicted octanol–water partition coefficient (Wildman–Crippen LogP) is 1.65. The molecule has 0 aliphatic heterocycles. The Labute approximate surface area is 119 Å². The highest BCUT2D eigenvalue weighted by molar-refractivity contribution is 6.03. The average molecular weight is 298 g/mol. The summed E-state index contributed by atoms with van der Waals surface area (Å²) in [4.78, 5) is 41.4. The van der Waals surface area contributed by atoms with Gasteiger partial charge in [-0.3, -0.25) is 4.79 Å². The summed E-state index contributed by atoms with van der Waals surface area (Å²) >= 11 is 0. The van der Waals surface area contributed by atoms with Crippen LogP contribution in [-0.2, 0) is 4.79 Å². The lowest BCUT2D eigenvalue weighted by Crippen LogP contribution is -2.10. The van der Waals surface area contributed by atoms with E-state index in [2.05, 4.69) is 0 Å². The van der Waals surface area contributed by atoms with Crippen LogP contribution in [0.1, 0.15) is 50.8 Å². The molecule has 0 saturated carbocycles. The minimum absolute atomic E-state index is 0.266. The van der Waals surface area contributed by atoms with Gasteiger partial charge < -0.3 is 20.4 Å². The Morgan fingerprint density at radius 3 is 1.67 bits per heavy atom. The van der Waals surface area contributed by atoms with E-state index >= 15 is 0 Å². The quantitative estimate of drug-likeness (QED) is 0.641. The van der Waals surface area contributed by atoms with Gasteiger partial charge in [0.15, 0.2) is 0 Å². The van der Waals surface area contributed by atoms with Gasteiger partial charge in [0.25, 0.3) is 0 Å². The smallest absolute Gasteiger partial charge is 0.336 e. The fourth-order valence-electron chi connectivity index (χ4n) is 1.25. The Morgan fingerprint density at radius 1 is 0.857 bits per heavy atom. The third kappa shape index (κ3) is 6.19. The summed E-state index contributed by atoms with van der Waals surface area (Å²) in [6, 6.07) is 2.81. The highest BCUT2D eigenvalue weighted by Gasteiger charge is 2.17. The Kier molecular flexibility index (Phi) is 7.16. The first-order valence-electron chi connectivity index (χ1n) is 5.76. The monoisotopic (exact) mass is 298 g/mol. The van der Waals surface area contributed by atoms with Crippen molar-refractivity contribution in [2.75, 3.05) is 0 Å². The van der Waals surface area contributed by atoms with Gasteiger partial charge in [0.05, 0.1) is 16.7 Å². The molecule has 0 radical (unpaired) electrons. The predicted molar refractivity (Wildman–Crippen MR) is 69.9 cm³/mol. The first-order valence-corrected chi connectivity index (χ1v) is 5.76. The molecule has 1 rings (SSSR count). The molecule has 0 saturated heterocycles. The van der Waals surface area contributed by atoms with E-state index in [1.54, 1.807) is 0 Å². The maximum absolute atomic E-state index is 10.6. The molecular formula is C13H14O8. The van der Waals surface area contributed by atoms with E-state index in [0.29, 0.717) is 6.42 Å². The number of benzene rings is 1. The van der Waals surface area contributed by atoms with Crippen molar-refractivity contribution in [1.82, 2.24) is 0 Å². The van der Waals surface area contributed by atoms with Gasteiger partial charge in [-0.15, -0.1) is 0 Å². The highest BCUT2D eigenvalue weighted by Crippen LogP contribution is 2.12. The van der Waals surface area contributed by atoms with Crippen LogP contribution >= 0.6 is 0 Å². The SMILES string of the molecule is CCCC(=O)O.O=C(O)c1ccc(C(=O)O)c(C(=O)O)c1. The van der Waals surface area contributed by atoms with Crippen LogP contribution in [0, 0.1) is 0 Å². The molecule has 1 aromatic rings. The molecule has 0 heterocycles. The molecule has 0 bridgehead atoms. The summed E-state index contributed by atoms with van der Waals surface area (Å²) in [6.45, 7) is 1.84. The average Bonchev–Trinajstić information content (AvgIpc) is 2.38. The van der Waals surface area contributed by atoms with Crippen molar-refractivity contribution in [3.05, 3.63) is 34.9 Å². The third-order valence-electron chi connectivity index (χ3n) is 2.19. The third-order valence-corrected chi connectivity index (χ3v) is 2.19. The number of carbonyl (C=O) groups is 4. The molecule has 0 aromatic heterocycles. The van der Waals surface area contributed by atoms with Crippen molar-refractivity contribution in [1.29, 1.82) is 0 Å². The molecule has 0 spiro atoms. The molecule has 1 aromatic carbocycles. The number of aliphatic carboxylic acids is 1. The molecular weight excluding hydrogens is 284 g/mol. The van der Waals surface area contributed by atoms with Crippen molar-refractivity contribution in [3.8, 4) is 0 Å². The molecule has 8 nitrogen and oxygen atoms in total. The van der Waals surface area contributed by atoms with Crippen LogP contribution in [0.3, 0.4) is 0 Å². The topological polar surface area (TPSA) is 149 Å². The maximum atomic E-state index is 10.6. The molecule has 0 aliphatic carbocycles. The van der Waals surface area contributed by atoms with Crippen LogP contribution in [0.4, 0.5) is 0 Å². The summed E-state index contributed by atoms with van der Waals surface area (Å²) in [5.74, 6) is -4.91. The first-order chi connectivity index (χ1) is 9.70.